The second kappa shape index (κ2) is 6.46. The summed E-state index contributed by atoms with van der Waals surface area (Å²) < 4.78 is 0. The Morgan fingerprint density at radius 3 is 2.10 bits per heavy atom. The summed E-state index contributed by atoms with van der Waals surface area (Å²) in [5.74, 6) is 4.06. The lowest BCUT2D eigenvalue weighted by atomic mass is 9.51. The van der Waals surface area contributed by atoms with Gasteiger partial charge in [-0.15, -0.1) is 0 Å². The number of carbonyl (C=O) groups is 1. The van der Waals surface area contributed by atoms with Crippen LogP contribution >= 0.6 is 0 Å². The highest BCUT2D eigenvalue weighted by atomic mass is 16.1. The van der Waals surface area contributed by atoms with Crippen molar-refractivity contribution in [2.45, 2.75) is 57.8 Å². The van der Waals surface area contributed by atoms with Gasteiger partial charge in [0, 0.05) is 12.5 Å². The lowest BCUT2D eigenvalue weighted by molar-refractivity contribution is -0.138. The van der Waals surface area contributed by atoms with Crippen LogP contribution in [0.1, 0.15) is 57.8 Å². The lowest BCUT2D eigenvalue weighted by Crippen LogP contribution is -2.51. The van der Waals surface area contributed by atoms with Crippen molar-refractivity contribution in [3.63, 3.8) is 0 Å². The maximum Gasteiger partial charge on any atom is 0.223 e. The van der Waals surface area contributed by atoms with E-state index in [9.17, 15) is 4.79 Å². The summed E-state index contributed by atoms with van der Waals surface area (Å²) in [4.78, 5) is 12.5. The van der Waals surface area contributed by atoms with Crippen molar-refractivity contribution in [2.75, 3.05) is 13.1 Å². The second-order valence-electron chi connectivity index (χ2n) is 7.45. The van der Waals surface area contributed by atoms with Gasteiger partial charge < -0.3 is 11.1 Å². The van der Waals surface area contributed by atoms with Gasteiger partial charge in [0.1, 0.15) is 0 Å². The molecule has 4 aliphatic rings. The molecule has 0 aromatic heterocycles. The van der Waals surface area contributed by atoms with Crippen LogP contribution < -0.4 is 11.1 Å². The molecule has 0 atom stereocenters. The van der Waals surface area contributed by atoms with Gasteiger partial charge in [0.2, 0.25) is 5.91 Å². The molecule has 0 aliphatic heterocycles. The summed E-state index contributed by atoms with van der Waals surface area (Å²) in [7, 11) is 0. The van der Waals surface area contributed by atoms with E-state index in [4.69, 9.17) is 5.73 Å². The first-order valence-electron chi connectivity index (χ1n) is 8.75. The zero-order chi connectivity index (χ0) is 13.9. The normalized spacial score (nSPS) is 38.1. The van der Waals surface area contributed by atoms with Gasteiger partial charge in [-0.3, -0.25) is 4.79 Å². The number of amides is 1. The summed E-state index contributed by atoms with van der Waals surface area (Å²) in [6.07, 6.45) is 11.4. The van der Waals surface area contributed by atoms with Crippen LogP contribution in [0.3, 0.4) is 0 Å². The Bertz CT molecular complexity index is 314. The Balaban J connectivity index is 1.41. The number of rotatable bonds is 7. The van der Waals surface area contributed by atoms with Gasteiger partial charge in [0.15, 0.2) is 0 Å². The standard InChI is InChI=1S/C17H30N2O/c18-5-3-1-2-4-6-19-17(20)16-14-8-12-7-13(10-14)11-15(16)9-12/h12-16H,1-11,18H2,(H,19,20). The van der Waals surface area contributed by atoms with Gasteiger partial charge in [-0.25, -0.2) is 0 Å². The smallest absolute Gasteiger partial charge is 0.223 e. The van der Waals surface area contributed by atoms with Gasteiger partial charge in [0.25, 0.3) is 0 Å². The predicted octanol–water partition coefficient (Wildman–Crippen LogP) is 2.69. The number of hydrogen-bond acceptors (Lipinski definition) is 2. The predicted molar refractivity (Wildman–Crippen MR) is 81.1 cm³/mol. The Kier molecular flexibility index (Phi) is 4.65. The summed E-state index contributed by atoms with van der Waals surface area (Å²) in [5.41, 5.74) is 5.49. The molecule has 0 saturated heterocycles. The molecule has 0 aromatic rings. The fraction of sp³-hybridized carbons (Fsp3) is 0.941. The lowest BCUT2D eigenvalue weighted by Gasteiger charge is -2.53. The first-order chi connectivity index (χ1) is 9.78. The molecule has 1 amide bonds. The zero-order valence-electron chi connectivity index (χ0n) is 12.7. The van der Waals surface area contributed by atoms with Crippen LogP contribution in [0.2, 0.25) is 0 Å². The molecule has 4 rings (SSSR count). The molecule has 0 aromatic carbocycles. The fourth-order valence-corrected chi connectivity index (χ4v) is 5.31. The van der Waals surface area contributed by atoms with Crippen LogP contribution in [0.4, 0.5) is 0 Å². The monoisotopic (exact) mass is 278 g/mol. The van der Waals surface area contributed by atoms with E-state index >= 15 is 0 Å². The minimum absolute atomic E-state index is 0.354. The molecule has 20 heavy (non-hydrogen) atoms. The molecule has 3 nitrogen and oxygen atoms in total. The molecule has 3 N–H and O–H groups in total. The number of nitrogens with two attached hydrogens (primary N) is 1. The van der Waals surface area contributed by atoms with Crippen molar-refractivity contribution >= 4 is 5.91 Å². The molecule has 0 spiro atoms. The number of hydrogen-bond donors (Lipinski definition) is 2. The van der Waals surface area contributed by atoms with E-state index in [1.165, 1.54) is 44.9 Å². The first kappa shape index (κ1) is 14.4. The van der Waals surface area contributed by atoms with E-state index in [1.807, 2.05) is 0 Å². The van der Waals surface area contributed by atoms with Crippen LogP contribution in [0, 0.1) is 29.6 Å². The third kappa shape index (κ3) is 3.03. The molecular formula is C17H30N2O. The van der Waals surface area contributed by atoms with Crippen LogP contribution in [0.15, 0.2) is 0 Å². The van der Waals surface area contributed by atoms with Crippen LogP contribution in [-0.2, 0) is 4.79 Å². The van der Waals surface area contributed by atoms with E-state index < -0.39 is 0 Å². The largest absolute Gasteiger partial charge is 0.356 e. The zero-order valence-corrected chi connectivity index (χ0v) is 12.7. The van der Waals surface area contributed by atoms with Crippen LogP contribution in [0.5, 0.6) is 0 Å². The van der Waals surface area contributed by atoms with Crippen molar-refractivity contribution in [3.8, 4) is 0 Å². The van der Waals surface area contributed by atoms with Gasteiger partial charge in [-0.1, -0.05) is 12.8 Å². The van der Waals surface area contributed by atoms with E-state index in [0.717, 1.165) is 37.8 Å². The molecule has 4 fully saturated rings. The van der Waals surface area contributed by atoms with Crippen molar-refractivity contribution in [2.24, 2.45) is 35.3 Å². The molecule has 4 aliphatic carbocycles. The Hall–Kier alpha value is -0.570. The maximum atomic E-state index is 12.5. The minimum atomic E-state index is 0.354. The Labute approximate surface area is 123 Å². The number of unbranched alkanes of at least 4 members (excludes halogenated alkanes) is 3. The SMILES string of the molecule is NCCCCCCNC(=O)C1C2CC3CC(C2)CC1C3. The molecule has 0 radical (unpaired) electrons. The third-order valence-electron chi connectivity index (χ3n) is 5.96. The number of nitrogens with one attached hydrogen (secondary N) is 1. The average Bonchev–Trinajstić information content (AvgIpc) is 2.41. The van der Waals surface area contributed by atoms with E-state index in [0.29, 0.717) is 23.7 Å². The molecule has 0 unspecified atom stereocenters. The molecular weight excluding hydrogens is 248 g/mol. The van der Waals surface area contributed by atoms with Gasteiger partial charge >= 0.3 is 0 Å². The minimum Gasteiger partial charge on any atom is -0.356 e. The Morgan fingerprint density at radius 1 is 0.900 bits per heavy atom. The molecule has 4 saturated carbocycles. The molecule has 114 valence electrons. The second-order valence-corrected chi connectivity index (χ2v) is 7.45. The first-order valence-corrected chi connectivity index (χ1v) is 8.75. The number of carbonyl (C=O) groups excluding carboxylic acids is 1. The highest BCUT2D eigenvalue weighted by Crippen LogP contribution is 2.56. The van der Waals surface area contributed by atoms with Crippen molar-refractivity contribution in [1.82, 2.24) is 5.32 Å². The summed E-state index contributed by atoms with van der Waals surface area (Å²) in [5, 5.41) is 3.22. The van der Waals surface area contributed by atoms with Gasteiger partial charge in [-0.05, 0) is 75.2 Å². The quantitative estimate of drug-likeness (QED) is 0.704. The van der Waals surface area contributed by atoms with Crippen LogP contribution in [0.25, 0.3) is 0 Å². The highest BCUT2D eigenvalue weighted by Gasteiger charge is 2.50. The summed E-state index contributed by atoms with van der Waals surface area (Å²) >= 11 is 0. The van der Waals surface area contributed by atoms with Gasteiger partial charge in [0.05, 0.1) is 0 Å². The van der Waals surface area contributed by atoms with E-state index in [1.54, 1.807) is 0 Å². The van der Waals surface area contributed by atoms with Gasteiger partial charge in [-0.2, -0.15) is 0 Å². The molecule has 4 bridgehead atoms. The maximum absolute atomic E-state index is 12.5. The average molecular weight is 278 g/mol. The van der Waals surface area contributed by atoms with Crippen molar-refractivity contribution in [3.05, 3.63) is 0 Å². The third-order valence-corrected chi connectivity index (χ3v) is 5.96. The summed E-state index contributed by atoms with van der Waals surface area (Å²) in [6, 6.07) is 0. The van der Waals surface area contributed by atoms with E-state index in [2.05, 4.69) is 5.32 Å². The highest BCUT2D eigenvalue weighted by molar-refractivity contribution is 5.79. The van der Waals surface area contributed by atoms with Crippen LogP contribution in [-0.4, -0.2) is 19.0 Å². The molecule has 3 heteroatoms. The van der Waals surface area contributed by atoms with E-state index in [-0.39, 0.29) is 0 Å². The Morgan fingerprint density at radius 2 is 1.50 bits per heavy atom. The summed E-state index contributed by atoms with van der Waals surface area (Å²) in [6.45, 7) is 1.66. The fourth-order valence-electron chi connectivity index (χ4n) is 5.31. The van der Waals surface area contributed by atoms with Crippen molar-refractivity contribution < 1.29 is 4.79 Å². The molecule has 0 heterocycles. The van der Waals surface area contributed by atoms with Crippen molar-refractivity contribution in [1.29, 1.82) is 0 Å². The topological polar surface area (TPSA) is 55.1 Å².